The Morgan fingerprint density at radius 1 is 0.763 bits per heavy atom. The van der Waals surface area contributed by atoms with Crippen LogP contribution in [0.2, 0.25) is 0 Å². The van der Waals surface area contributed by atoms with Crippen molar-refractivity contribution in [2.45, 2.75) is 25.7 Å². The molecule has 4 rings (SSSR count). The fourth-order valence-corrected chi connectivity index (χ4v) is 3.85. The highest BCUT2D eigenvalue weighted by Gasteiger charge is 2.21. The third-order valence-corrected chi connectivity index (χ3v) is 5.93. The van der Waals surface area contributed by atoms with Crippen LogP contribution in [0.1, 0.15) is 47.2 Å². The number of amides is 2. The van der Waals surface area contributed by atoms with Crippen LogP contribution in [-0.2, 0) is 9.59 Å². The lowest BCUT2D eigenvalue weighted by atomic mass is 10.1. The van der Waals surface area contributed by atoms with Crippen LogP contribution >= 0.6 is 0 Å². The number of halogens is 1. The maximum atomic E-state index is 13.0. The molecule has 7 heteroatoms. The summed E-state index contributed by atoms with van der Waals surface area (Å²) in [6, 6.07) is 20.1. The van der Waals surface area contributed by atoms with E-state index in [0.717, 1.165) is 42.7 Å². The van der Waals surface area contributed by atoms with Crippen molar-refractivity contribution in [3.8, 4) is 11.5 Å². The Morgan fingerprint density at radius 2 is 1.34 bits per heavy atom. The number of carbonyl (C=O) groups excluding carboxylic acids is 3. The highest BCUT2D eigenvalue weighted by Crippen LogP contribution is 2.21. The van der Waals surface area contributed by atoms with Crippen LogP contribution < -0.4 is 14.8 Å². The lowest BCUT2D eigenvalue weighted by Gasteiger charge is -2.08. The summed E-state index contributed by atoms with van der Waals surface area (Å²) in [5.74, 6) is 0.172. The Kier molecular flexibility index (Phi) is 9.18. The van der Waals surface area contributed by atoms with Crippen LogP contribution in [0.15, 0.2) is 84.9 Å². The van der Waals surface area contributed by atoms with Crippen molar-refractivity contribution in [3.05, 3.63) is 107 Å². The van der Waals surface area contributed by atoms with Gasteiger partial charge in [0.1, 0.15) is 17.3 Å². The zero-order chi connectivity index (χ0) is 26.7. The minimum atomic E-state index is -0.392. The second kappa shape index (κ2) is 13.1. The Bertz CT molecular complexity index is 1330. The molecule has 3 aromatic carbocycles. The molecule has 1 heterocycles. The minimum Gasteiger partial charge on any atom is -0.494 e. The van der Waals surface area contributed by atoms with Crippen LogP contribution in [0, 0.1) is 5.82 Å². The van der Waals surface area contributed by atoms with E-state index >= 15 is 0 Å². The Labute approximate surface area is 220 Å². The molecule has 0 unspecified atom stereocenters. The largest absolute Gasteiger partial charge is 0.494 e. The molecule has 0 fully saturated rings. The first-order valence-electron chi connectivity index (χ1n) is 12.5. The predicted molar refractivity (Wildman–Crippen MR) is 143 cm³/mol. The van der Waals surface area contributed by atoms with E-state index in [4.69, 9.17) is 9.47 Å². The molecule has 0 atom stereocenters. The second-order valence-electron chi connectivity index (χ2n) is 8.79. The van der Waals surface area contributed by atoms with Gasteiger partial charge in [-0.1, -0.05) is 30.3 Å². The van der Waals surface area contributed by atoms with Gasteiger partial charge in [0.2, 0.25) is 0 Å². The maximum absolute atomic E-state index is 13.0. The molecule has 194 valence electrons. The van der Waals surface area contributed by atoms with Gasteiger partial charge in [-0.15, -0.1) is 0 Å². The molecule has 0 bridgehead atoms. The molecule has 1 N–H and O–H groups in total. The van der Waals surface area contributed by atoms with E-state index in [1.807, 2.05) is 24.3 Å². The second-order valence-corrected chi connectivity index (χ2v) is 8.79. The number of imide groups is 1. The SMILES string of the molecule is O=C1C=C(c2ccc(OCCCCCCOc3ccc(C=CC(=O)c4ccc(F)cc4)cc3)cc2)C(=O)N1. The Balaban J connectivity index is 1.08. The van der Waals surface area contributed by atoms with Crippen molar-refractivity contribution in [1.29, 1.82) is 0 Å². The molecule has 0 saturated carbocycles. The van der Waals surface area contributed by atoms with Gasteiger partial charge in [-0.3, -0.25) is 19.7 Å². The molecule has 38 heavy (non-hydrogen) atoms. The Hall–Kier alpha value is -4.52. The van der Waals surface area contributed by atoms with Gasteiger partial charge in [0.15, 0.2) is 5.78 Å². The Morgan fingerprint density at radius 3 is 1.89 bits per heavy atom. The summed E-state index contributed by atoms with van der Waals surface area (Å²) >= 11 is 0. The lowest BCUT2D eigenvalue weighted by Crippen LogP contribution is -2.21. The number of unbranched alkanes of at least 4 members (excludes halogenated alkanes) is 3. The third kappa shape index (κ3) is 7.74. The summed E-state index contributed by atoms with van der Waals surface area (Å²) in [6.45, 7) is 1.22. The van der Waals surface area contributed by atoms with Crippen LogP contribution in [0.25, 0.3) is 11.6 Å². The predicted octanol–water partition coefficient (Wildman–Crippen LogP) is 5.78. The number of carbonyl (C=O) groups is 3. The number of ether oxygens (including phenoxy) is 2. The molecular formula is C31H28FNO5. The summed E-state index contributed by atoms with van der Waals surface area (Å²) in [6.07, 6.45) is 8.38. The van der Waals surface area contributed by atoms with Crippen molar-refractivity contribution in [1.82, 2.24) is 5.32 Å². The topological polar surface area (TPSA) is 81.7 Å². The molecule has 2 amide bonds. The zero-order valence-electron chi connectivity index (χ0n) is 20.8. The normalized spacial score (nSPS) is 12.9. The number of nitrogens with one attached hydrogen (secondary N) is 1. The van der Waals surface area contributed by atoms with Gasteiger partial charge >= 0.3 is 0 Å². The van der Waals surface area contributed by atoms with E-state index in [1.165, 1.54) is 36.4 Å². The summed E-state index contributed by atoms with van der Waals surface area (Å²) in [7, 11) is 0. The number of allylic oxidation sites excluding steroid dienone is 1. The molecule has 3 aromatic rings. The first kappa shape index (κ1) is 26.5. The molecule has 1 aliphatic heterocycles. The van der Waals surface area contributed by atoms with E-state index in [9.17, 15) is 18.8 Å². The average molecular weight is 514 g/mol. The molecule has 0 radical (unpaired) electrons. The standard InChI is InChI=1S/C31H28FNO5/c32-25-12-8-24(9-13-25)29(34)18-7-22-5-14-26(15-6-22)37-19-3-1-2-4-20-38-27-16-10-23(11-17-27)28-21-30(35)33-31(28)36/h5-18,21H,1-4,19-20H2,(H,33,35,36). The van der Waals surface area contributed by atoms with Crippen molar-refractivity contribution >= 4 is 29.2 Å². The number of benzene rings is 3. The third-order valence-electron chi connectivity index (χ3n) is 5.93. The van der Waals surface area contributed by atoms with Crippen LogP contribution in [-0.4, -0.2) is 30.8 Å². The molecule has 0 spiro atoms. The summed E-state index contributed by atoms with van der Waals surface area (Å²) in [5, 5.41) is 2.24. The van der Waals surface area contributed by atoms with Crippen molar-refractivity contribution in [2.75, 3.05) is 13.2 Å². The first-order valence-corrected chi connectivity index (χ1v) is 12.5. The zero-order valence-corrected chi connectivity index (χ0v) is 20.8. The van der Waals surface area contributed by atoms with Crippen molar-refractivity contribution < 1.29 is 28.2 Å². The molecule has 0 aliphatic carbocycles. The van der Waals surface area contributed by atoms with E-state index < -0.39 is 5.91 Å². The summed E-state index contributed by atoms with van der Waals surface area (Å²) in [4.78, 5) is 35.1. The van der Waals surface area contributed by atoms with E-state index in [2.05, 4.69) is 5.32 Å². The highest BCUT2D eigenvalue weighted by atomic mass is 19.1. The summed E-state index contributed by atoms with van der Waals surface area (Å²) in [5.41, 5.74) is 2.37. The fraction of sp³-hybridized carbons (Fsp3) is 0.194. The number of hydrogen-bond donors (Lipinski definition) is 1. The quantitative estimate of drug-likeness (QED) is 0.136. The van der Waals surface area contributed by atoms with E-state index in [1.54, 1.807) is 30.3 Å². The van der Waals surface area contributed by atoms with Crippen LogP contribution in [0.4, 0.5) is 4.39 Å². The van der Waals surface area contributed by atoms with Crippen LogP contribution in [0.3, 0.4) is 0 Å². The molecular weight excluding hydrogens is 485 g/mol. The van der Waals surface area contributed by atoms with Crippen LogP contribution in [0.5, 0.6) is 11.5 Å². The molecule has 6 nitrogen and oxygen atoms in total. The lowest BCUT2D eigenvalue weighted by molar-refractivity contribution is -0.123. The molecule has 1 aliphatic rings. The van der Waals surface area contributed by atoms with Gasteiger partial charge in [0, 0.05) is 11.6 Å². The first-order chi connectivity index (χ1) is 18.5. The molecule has 0 saturated heterocycles. The monoisotopic (exact) mass is 513 g/mol. The molecule has 0 aromatic heterocycles. The van der Waals surface area contributed by atoms with E-state index in [-0.39, 0.29) is 17.5 Å². The number of rotatable bonds is 13. The maximum Gasteiger partial charge on any atom is 0.258 e. The number of hydrogen-bond acceptors (Lipinski definition) is 5. The summed E-state index contributed by atoms with van der Waals surface area (Å²) < 4.78 is 24.5. The van der Waals surface area contributed by atoms with Gasteiger partial charge in [0.25, 0.3) is 11.8 Å². The minimum absolute atomic E-state index is 0.181. The van der Waals surface area contributed by atoms with Gasteiger partial charge in [-0.05, 0) is 91.4 Å². The van der Waals surface area contributed by atoms with Gasteiger partial charge in [-0.2, -0.15) is 0 Å². The van der Waals surface area contributed by atoms with Crippen molar-refractivity contribution in [2.24, 2.45) is 0 Å². The highest BCUT2D eigenvalue weighted by molar-refractivity contribution is 6.33. The van der Waals surface area contributed by atoms with Crippen molar-refractivity contribution in [3.63, 3.8) is 0 Å². The fourth-order valence-electron chi connectivity index (χ4n) is 3.85. The average Bonchev–Trinajstić information content (AvgIpc) is 3.27. The number of ketones is 1. The van der Waals surface area contributed by atoms with E-state index in [0.29, 0.717) is 29.9 Å². The van der Waals surface area contributed by atoms with Gasteiger partial charge in [0.05, 0.1) is 18.8 Å². The van der Waals surface area contributed by atoms with Gasteiger partial charge in [-0.25, -0.2) is 4.39 Å². The smallest absolute Gasteiger partial charge is 0.258 e. The van der Waals surface area contributed by atoms with Gasteiger partial charge < -0.3 is 9.47 Å².